The van der Waals surface area contributed by atoms with Crippen molar-refractivity contribution in [3.63, 3.8) is 0 Å². The van der Waals surface area contributed by atoms with Gasteiger partial charge in [-0.25, -0.2) is 0 Å². The van der Waals surface area contributed by atoms with Gasteiger partial charge in [0, 0.05) is 32.0 Å². The molecule has 0 spiro atoms. The van der Waals surface area contributed by atoms with Crippen molar-refractivity contribution in [1.82, 2.24) is 4.90 Å². The van der Waals surface area contributed by atoms with Crippen LogP contribution in [0.15, 0.2) is 109 Å². The minimum Gasteiger partial charge on any atom is -0.494 e. The molecule has 1 N–H and O–H groups in total. The maximum absolute atomic E-state index is 9.87. The molecule has 4 aromatic rings. The molecular formula is C39H47NO5. The van der Waals surface area contributed by atoms with E-state index in [1.807, 2.05) is 18.2 Å². The van der Waals surface area contributed by atoms with Crippen molar-refractivity contribution in [2.24, 2.45) is 0 Å². The number of likely N-dealkylation sites (tertiary alicyclic amines) is 1. The zero-order valence-corrected chi connectivity index (χ0v) is 26.3. The Morgan fingerprint density at radius 2 is 1.29 bits per heavy atom. The van der Waals surface area contributed by atoms with E-state index in [9.17, 15) is 5.11 Å². The van der Waals surface area contributed by atoms with Gasteiger partial charge >= 0.3 is 0 Å². The van der Waals surface area contributed by atoms with E-state index in [1.54, 1.807) is 0 Å². The third-order valence-electron chi connectivity index (χ3n) is 8.39. The number of hydrogen-bond donors (Lipinski definition) is 1. The number of aliphatic hydroxyl groups is 1. The Bertz CT molecular complexity index is 1370. The molecule has 0 aromatic heterocycles. The number of piperidine rings is 1. The monoisotopic (exact) mass is 609 g/mol. The molecule has 6 nitrogen and oxygen atoms in total. The van der Waals surface area contributed by atoms with Gasteiger partial charge in [-0.05, 0) is 59.2 Å². The average Bonchev–Trinajstić information content (AvgIpc) is 3.10. The number of benzene rings is 4. The van der Waals surface area contributed by atoms with Gasteiger partial charge in [-0.15, -0.1) is 0 Å². The summed E-state index contributed by atoms with van der Waals surface area (Å²) < 4.78 is 24.4. The molecule has 2 atom stereocenters. The number of aryl methyl sites for hydroxylation is 1. The number of aliphatic hydroxyl groups excluding tert-OH is 1. The van der Waals surface area contributed by atoms with E-state index in [0.717, 1.165) is 55.7 Å². The van der Waals surface area contributed by atoms with Gasteiger partial charge < -0.3 is 24.1 Å². The molecule has 1 fully saturated rings. The summed E-state index contributed by atoms with van der Waals surface area (Å²) in [6.45, 7) is 5.30. The van der Waals surface area contributed by atoms with Crippen molar-refractivity contribution in [2.45, 2.75) is 57.5 Å². The van der Waals surface area contributed by atoms with Gasteiger partial charge in [-0.2, -0.15) is 0 Å². The van der Waals surface area contributed by atoms with Gasteiger partial charge in [0.1, 0.15) is 5.75 Å². The van der Waals surface area contributed by atoms with Crippen LogP contribution in [0.3, 0.4) is 0 Å². The molecule has 238 valence electrons. The lowest BCUT2D eigenvalue weighted by Gasteiger charge is -2.38. The Morgan fingerprint density at radius 1 is 0.644 bits per heavy atom. The van der Waals surface area contributed by atoms with Crippen LogP contribution in [-0.2, 0) is 40.5 Å². The molecule has 1 aliphatic rings. The van der Waals surface area contributed by atoms with Crippen molar-refractivity contribution < 1.29 is 24.1 Å². The summed E-state index contributed by atoms with van der Waals surface area (Å²) in [6, 6.07) is 37.6. The van der Waals surface area contributed by atoms with E-state index in [0.29, 0.717) is 39.6 Å². The van der Waals surface area contributed by atoms with Crippen LogP contribution in [-0.4, -0.2) is 55.8 Å². The summed E-state index contributed by atoms with van der Waals surface area (Å²) in [6.07, 6.45) is 3.75. The molecule has 1 heterocycles. The SMILES string of the molecule is OCN1CCC(c2ccc(OCCCOCc3ccccc3)cc2)C(OCc2ccccc2COCCCc2ccccc2)C1. The lowest BCUT2D eigenvalue weighted by Crippen LogP contribution is -2.44. The van der Waals surface area contributed by atoms with Crippen molar-refractivity contribution >= 4 is 0 Å². The lowest BCUT2D eigenvalue weighted by molar-refractivity contribution is -0.0447. The molecule has 0 aliphatic carbocycles. The van der Waals surface area contributed by atoms with Crippen LogP contribution in [0.1, 0.15) is 53.0 Å². The fraction of sp³-hybridized carbons (Fsp3) is 0.385. The summed E-state index contributed by atoms with van der Waals surface area (Å²) in [5, 5.41) is 9.87. The predicted octanol–water partition coefficient (Wildman–Crippen LogP) is 7.15. The Hall–Kier alpha value is -3.52. The largest absolute Gasteiger partial charge is 0.494 e. The highest BCUT2D eigenvalue weighted by Crippen LogP contribution is 2.32. The zero-order chi connectivity index (χ0) is 30.9. The van der Waals surface area contributed by atoms with Gasteiger partial charge in [0.15, 0.2) is 0 Å². The first-order valence-electron chi connectivity index (χ1n) is 16.3. The third-order valence-corrected chi connectivity index (χ3v) is 8.39. The Balaban J connectivity index is 1.08. The fourth-order valence-electron chi connectivity index (χ4n) is 5.83. The van der Waals surface area contributed by atoms with Gasteiger partial charge in [0.25, 0.3) is 0 Å². The molecule has 1 aliphatic heterocycles. The molecule has 0 amide bonds. The molecule has 1 saturated heterocycles. The summed E-state index contributed by atoms with van der Waals surface area (Å²) in [5.41, 5.74) is 6.08. The van der Waals surface area contributed by atoms with Gasteiger partial charge in [0.05, 0.1) is 45.9 Å². The van der Waals surface area contributed by atoms with E-state index in [2.05, 4.69) is 95.9 Å². The number of rotatable bonds is 18. The number of ether oxygens (including phenoxy) is 4. The topological polar surface area (TPSA) is 60.4 Å². The zero-order valence-electron chi connectivity index (χ0n) is 26.3. The molecule has 45 heavy (non-hydrogen) atoms. The van der Waals surface area contributed by atoms with Crippen molar-refractivity contribution in [3.8, 4) is 5.75 Å². The fourth-order valence-corrected chi connectivity index (χ4v) is 5.83. The Kier molecular flexibility index (Phi) is 13.5. The molecule has 6 heteroatoms. The highest BCUT2D eigenvalue weighted by Gasteiger charge is 2.31. The highest BCUT2D eigenvalue weighted by molar-refractivity contribution is 5.31. The quantitative estimate of drug-likeness (QED) is 0.121. The van der Waals surface area contributed by atoms with Crippen LogP contribution in [0.25, 0.3) is 0 Å². The minimum absolute atomic E-state index is 0.0284. The molecule has 4 aromatic carbocycles. The summed E-state index contributed by atoms with van der Waals surface area (Å²) >= 11 is 0. The summed E-state index contributed by atoms with van der Waals surface area (Å²) in [5.74, 6) is 1.11. The third kappa shape index (κ3) is 10.8. The molecule has 5 rings (SSSR count). The second-order valence-corrected chi connectivity index (χ2v) is 11.7. The van der Waals surface area contributed by atoms with Gasteiger partial charge in [0.2, 0.25) is 0 Å². The van der Waals surface area contributed by atoms with Crippen LogP contribution in [0.4, 0.5) is 0 Å². The number of nitrogens with zero attached hydrogens (tertiary/aromatic N) is 1. The highest BCUT2D eigenvalue weighted by atomic mass is 16.5. The van der Waals surface area contributed by atoms with E-state index in [4.69, 9.17) is 18.9 Å². The maximum atomic E-state index is 9.87. The van der Waals surface area contributed by atoms with E-state index in [-0.39, 0.29) is 18.8 Å². The molecule has 0 bridgehead atoms. The molecular weight excluding hydrogens is 562 g/mol. The van der Waals surface area contributed by atoms with Crippen molar-refractivity contribution in [2.75, 3.05) is 39.6 Å². The van der Waals surface area contributed by atoms with Crippen LogP contribution < -0.4 is 4.74 Å². The smallest absolute Gasteiger partial charge is 0.119 e. The van der Waals surface area contributed by atoms with Crippen LogP contribution in [0, 0.1) is 0 Å². The van der Waals surface area contributed by atoms with Crippen LogP contribution in [0.5, 0.6) is 5.75 Å². The summed E-state index contributed by atoms with van der Waals surface area (Å²) in [4.78, 5) is 2.06. The Labute approximate surface area is 268 Å². The predicted molar refractivity (Wildman–Crippen MR) is 178 cm³/mol. The van der Waals surface area contributed by atoms with Crippen LogP contribution >= 0.6 is 0 Å². The summed E-state index contributed by atoms with van der Waals surface area (Å²) in [7, 11) is 0. The first-order chi connectivity index (χ1) is 22.3. The van der Waals surface area contributed by atoms with Gasteiger partial charge in [-0.1, -0.05) is 97.1 Å². The first-order valence-corrected chi connectivity index (χ1v) is 16.3. The van der Waals surface area contributed by atoms with Crippen molar-refractivity contribution in [1.29, 1.82) is 0 Å². The molecule has 0 saturated carbocycles. The number of hydrogen-bond acceptors (Lipinski definition) is 6. The van der Waals surface area contributed by atoms with Crippen LogP contribution in [0.2, 0.25) is 0 Å². The van der Waals surface area contributed by atoms with E-state index >= 15 is 0 Å². The first kappa shape index (κ1) is 32.9. The standard InChI is InChI=1S/C39H47NO5/c41-31-40-23-22-38(34-18-20-37(21-19-34)44-26-10-25-42-28-33-13-5-2-6-14-33)39(27-40)45-30-36-17-8-7-16-35(36)29-43-24-9-15-32-11-3-1-4-12-32/h1-8,11-14,16-21,38-39,41H,9-10,15,22-31H2. The second-order valence-electron chi connectivity index (χ2n) is 11.7. The van der Waals surface area contributed by atoms with Crippen molar-refractivity contribution in [3.05, 3.63) is 137 Å². The average molecular weight is 610 g/mol. The van der Waals surface area contributed by atoms with Gasteiger partial charge in [-0.3, -0.25) is 4.90 Å². The molecule has 0 radical (unpaired) electrons. The van der Waals surface area contributed by atoms with E-state index in [1.165, 1.54) is 16.7 Å². The minimum atomic E-state index is -0.0284. The lowest BCUT2D eigenvalue weighted by atomic mass is 9.87. The normalized spacial score (nSPS) is 16.9. The molecule has 2 unspecified atom stereocenters. The Morgan fingerprint density at radius 3 is 2.02 bits per heavy atom. The second kappa shape index (κ2) is 18.4. The van der Waals surface area contributed by atoms with E-state index < -0.39 is 0 Å². The maximum Gasteiger partial charge on any atom is 0.119 e.